The Bertz CT molecular complexity index is 1740. The molecule has 0 radical (unpaired) electrons. The SMILES string of the molecule is COCc1cn(C2C(C)CN(c3ccncc3NC(=O)c3ccc(F)c(-c4c(F)cccc4F)n3)CC2NC(=O)OC(C)(C)C)nn1. The van der Waals surface area contributed by atoms with Gasteiger partial charge in [0.2, 0.25) is 0 Å². The first kappa shape index (κ1) is 33.3. The van der Waals surface area contributed by atoms with Crippen molar-refractivity contribution < 1.29 is 32.2 Å². The van der Waals surface area contributed by atoms with Crippen LogP contribution in [0.4, 0.5) is 29.3 Å². The summed E-state index contributed by atoms with van der Waals surface area (Å²) in [5, 5.41) is 14.2. The maximum absolute atomic E-state index is 14.7. The lowest BCUT2D eigenvalue weighted by Gasteiger charge is -2.44. The lowest BCUT2D eigenvalue weighted by molar-refractivity contribution is 0.0465. The Hall–Kier alpha value is -5.05. The first-order valence-electron chi connectivity index (χ1n) is 14.8. The smallest absolute Gasteiger partial charge is 0.408 e. The number of anilines is 2. The molecule has 1 saturated heterocycles. The maximum Gasteiger partial charge on any atom is 0.408 e. The van der Waals surface area contributed by atoms with Crippen molar-refractivity contribution in [3.05, 3.63) is 83.8 Å². The van der Waals surface area contributed by atoms with E-state index >= 15 is 0 Å². The van der Waals surface area contributed by atoms with E-state index in [0.29, 0.717) is 23.6 Å². The standard InChI is InChI=1S/C32H35F3N8O4/c1-18-14-42(16-25(39-31(45)47-32(2,3)4)29(18)43-15-19(17-46-5)40-41-43)26-11-12-36-13-24(26)38-30(44)23-10-9-22(35)28(37-23)27-20(33)7-6-8-21(27)34/h6-13,15,18,25,29H,14,16-17H2,1-5H3,(H,38,44)(H,39,45). The number of ether oxygens (including phenoxy) is 2. The summed E-state index contributed by atoms with van der Waals surface area (Å²) in [5.74, 6) is -3.88. The van der Waals surface area contributed by atoms with Gasteiger partial charge < -0.3 is 25.0 Å². The van der Waals surface area contributed by atoms with Gasteiger partial charge in [0.05, 0.1) is 48.0 Å². The third-order valence-electron chi connectivity index (χ3n) is 7.44. The molecule has 3 atom stereocenters. The van der Waals surface area contributed by atoms with E-state index in [1.807, 2.05) is 11.8 Å². The van der Waals surface area contributed by atoms with Gasteiger partial charge >= 0.3 is 6.09 Å². The van der Waals surface area contributed by atoms with E-state index in [1.165, 1.54) is 6.20 Å². The summed E-state index contributed by atoms with van der Waals surface area (Å²) in [5.41, 5.74) is -0.797. The van der Waals surface area contributed by atoms with Crippen LogP contribution in [-0.2, 0) is 16.1 Å². The van der Waals surface area contributed by atoms with Crippen molar-refractivity contribution in [1.29, 1.82) is 0 Å². The number of hydrogen-bond acceptors (Lipinski definition) is 9. The quantitative estimate of drug-likeness (QED) is 0.265. The van der Waals surface area contributed by atoms with Crippen molar-refractivity contribution in [2.24, 2.45) is 5.92 Å². The van der Waals surface area contributed by atoms with Crippen LogP contribution in [0.25, 0.3) is 11.3 Å². The summed E-state index contributed by atoms with van der Waals surface area (Å²) in [4.78, 5) is 36.4. The Morgan fingerprint density at radius 3 is 2.49 bits per heavy atom. The molecule has 0 spiro atoms. The molecule has 4 heterocycles. The Morgan fingerprint density at radius 1 is 1.04 bits per heavy atom. The zero-order chi connectivity index (χ0) is 33.9. The minimum absolute atomic E-state index is 0.102. The molecular weight excluding hydrogens is 617 g/mol. The van der Waals surface area contributed by atoms with Gasteiger partial charge in [-0.15, -0.1) is 5.10 Å². The van der Waals surface area contributed by atoms with Gasteiger partial charge in [-0.3, -0.25) is 9.78 Å². The summed E-state index contributed by atoms with van der Waals surface area (Å²) < 4.78 is 56.0. The average molecular weight is 653 g/mol. The molecule has 1 aliphatic rings. The topological polar surface area (TPSA) is 136 Å². The lowest BCUT2D eigenvalue weighted by Crippen LogP contribution is -2.57. The molecule has 5 rings (SSSR count). The fourth-order valence-corrected chi connectivity index (χ4v) is 5.59. The van der Waals surface area contributed by atoms with E-state index in [0.717, 1.165) is 30.3 Å². The second-order valence-electron chi connectivity index (χ2n) is 12.2. The van der Waals surface area contributed by atoms with Crippen molar-refractivity contribution in [1.82, 2.24) is 30.3 Å². The number of nitrogens with one attached hydrogen (secondary N) is 2. The van der Waals surface area contributed by atoms with Gasteiger partial charge in [-0.05, 0) is 57.0 Å². The van der Waals surface area contributed by atoms with Crippen LogP contribution >= 0.6 is 0 Å². The molecule has 2 amide bonds. The van der Waals surface area contributed by atoms with Crippen LogP contribution in [0.3, 0.4) is 0 Å². The third kappa shape index (κ3) is 7.68. The van der Waals surface area contributed by atoms with Gasteiger partial charge in [0.1, 0.15) is 40.1 Å². The molecule has 1 fully saturated rings. The van der Waals surface area contributed by atoms with Crippen molar-refractivity contribution in [2.45, 2.75) is 52.0 Å². The second-order valence-corrected chi connectivity index (χ2v) is 12.2. The number of hydrogen-bond donors (Lipinski definition) is 2. The van der Waals surface area contributed by atoms with Gasteiger partial charge in [-0.1, -0.05) is 18.2 Å². The van der Waals surface area contributed by atoms with Crippen LogP contribution in [0.5, 0.6) is 0 Å². The average Bonchev–Trinajstić information content (AvgIpc) is 3.45. The minimum atomic E-state index is -1.02. The highest BCUT2D eigenvalue weighted by molar-refractivity contribution is 6.04. The maximum atomic E-state index is 14.7. The normalized spacial score (nSPS) is 18.1. The van der Waals surface area contributed by atoms with Crippen LogP contribution in [-0.4, -0.2) is 68.8 Å². The molecular formula is C32H35F3N8O4. The molecule has 1 aliphatic heterocycles. The molecule has 3 unspecified atom stereocenters. The van der Waals surface area contributed by atoms with E-state index in [4.69, 9.17) is 9.47 Å². The summed E-state index contributed by atoms with van der Waals surface area (Å²) in [7, 11) is 1.56. The Morgan fingerprint density at radius 2 is 1.79 bits per heavy atom. The number of aromatic nitrogens is 5. The minimum Gasteiger partial charge on any atom is -0.444 e. The second kappa shape index (κ2) is 13.7. The Balaban J connectivity index is 1.42. The molecule has 0 aliphatic carbocycles. The van der Waals surface area contributed by atoms with E-state index < -0.39 is 52.4 Å². The number of pyridine rings is 2. The fraction of sp³-hybridized carbons (Fsp3) is 0.375. The number of carbonyl (C=O) groups is 2. The van der Waals surface area contributed by atoms with Crippen molar-refractivity contribution in [3.63, 3.8) is 0 Å². The molecule has 1 aromatic carbocycles. The van der Waals surface area contributed by atoms with E-state index in [9.17, 15) is 22.8 Å². The number of methoxy groups -OCH3 is 1. The van der Waals surface area contributed by atoms with Crippen molar-refractivity contribution in [3.8, 4) is 11.3 Å². The van der Waals surface area contributed by atoms with E-state index in [-0.39, 0.29) is 30.8 Å². The number of piperidine rings is 1. The van der Waals surface area contributed by atoms with Crippen LogP contribution in [0.2, 0.25) is 0 Å². The number of halogens is 3. The van der Waals surface area contributed by atoms with Crippen molar-refractivity contribution in [2.75, 3.05) is 30.4 Å². The molecule has 2 N–H and O–H groups in total. The molecule has 0 bridgehead atoms. The van der Waals surface area contributed by atoms with E-state index in [2.05, 4.69) is 30.9 Å². The number of nitrogens with zero attached hydrogens (tertiary/aromatic N) is 6. The van der Waals surface area contributed by atoms with Gasteiger partial charge in [0.25, 0.3) is 5.91 Å². The summed E-state index contributed by atoms with van der Waals surface area (Å²) in [6, 6.07) is 6.03. The third-order valence-corrected chi connectivity index (χ3v) is 7.44. The Labute approximate surface area is 269 Å². The summed E-state index contributed by atoms with van der Waals surface area (Å²) in [6.07, 6.45) is 4.17. The molecule has 0 saturated carbocycles. The summed E-state index contributed by atoms with van der Waals surface area (Å²) >= 11 is 0. The molecule has 47 heavy (non-hydrogen) atoms. The predicted molar refractivity (Wildman–Crippen MR) is 166 cm³/mol. The lowest BCUT2D eigenvalue weighted by atomic mass is 9.89. The van der Waals surface area contributed by atoms with E-state index in [1.54, 1.807) is 51.0 Å². The molecule has 15 heteroatoms. The number of alkyl carbamates (subject to hydrolysis) is 1. The number of amides is 2. The predicted octanol–water partition coefficient (Wildman–Crippen LogP) is 5.14. The van der Waals surface area contributed by atoms with Crippen molar-refractivity contribution >= 4 is 23.4 Å². The monoisotopic (exact) mass is 652 g/mol. The van der Waals surface area contributed by atoms with Gasteiger partial charge in [-0.2, -0.15) is 0 Å². The zero-order valence-electron chi connectivity index (χ0n) is 26.5. The highest BCUT2D eigenvalue weighted by Crippen LogP contribution is 2.35. The van der Waals surface area contributed by atoms with Crippen LogP contribution in [0.15, 0.2) is 55.0 Å². The van der Waals surface area contributed by atoms with Gasteiger partial charge in [0.15, 0.2) is 0 Å². The number of rotatable bonds is 8. The fourth-order valence-electron chi connectivity index (χ4n) is 5.59. The zero-order valence-corrected chi connectivity index (χ0v) is 26.5. The number of carbonyl (C=O) groups excluding carboxylic acids is 2. The van der Waals surface area contributed by atoms with Gasteiger partial charge in [-0.25, -0.2) is 27.6 Å². The summed E-state index contributed by atoms with van der Waals surface area (Å²) in [6.45, 7) is 8.35. The molecule has 4 aromatic rings. The van der Waals surface area contributed by atoms with Crippen LogP contribution < -0.4 is 15.5 Å². The van der Waals surface area contributed by atoms with Crippen LogP contribution in [0.1, 0.15) is 49.9 Å². The molecule has 3 aromatic heterocycles. The van der Waals surface area contributed by atoms with Crippen LogP contribution in [0, 0.1) is 23.4 Å². The highest BCUT2D eigenvalue weighted by Gasteiger charge is 2.39. The molecule has 12 nitrogen and oxygen atoms in total. The first-order chi connectivity index (χ1) is 22.3. The molecule has 248 valence electrons. The number of benzene rings is 1. The largest absolute Gasteiger partial charge is 0.444 e. The Kier molecular flexibility index (Phi) is 9.75. The van der Waals surface area contributed by atoms with Gasteiger partial charge in [0, 0.05) is 26.4 Å². The highest BCUT2D eigenvalue weighted by atomic mass is 19.1. The first-order valence-corrected chi connectivity index (χ1v) is 14.8.